The van der Waals surface area contributed by atoms with Crippen molar-refractivity contribution in [2.75, 3.05) is 13.1 Å². The Morgan fingerprint density at radius 3 is 2.89 bits per heavy atom. The molecule has 4 rings (SSSR count). The lowest BCUT2D eigenvalue weighted by Crippen LogP contribution is -2.26. The topological polar surface area (TPSA) is 53.6 Å². The third-order valence-electron chi connectivity index (χ3n) is 4.11. The molecule has 0 bridgehead atoms. The van der Waals surface area contributed by atoms with Crippen LogP contribution in [0.25, 0.3) is 21.9 Å². The average Bonchev–Trinajstić information content (AvgIpc) is 2.86. The first kappa shape index (κ1) is 10.9. The van der Waals surface area contributed by atoms with Gasteiger partial charge in [0.2, 0.25) is 0 Å². The number of nitrogens with one attached hydrogen (secondary N) is 2. The van der Waals surface area contributed by atoms with E-state index < -0.39 is 0 Å². The Kier molecular flexibility index (Phi) is 2.48. The molecule has 4 heteroatoms. The highest BCUT2D eigenvalue weighted by Gasteiger charge is 2.16. The van der Waals surface area contributed by atoms with Crippen LogP contribution < -0.4 is 5.32 Å². The van der Waals surface area contributed by atoms with E-state index in [9.17, 15) is 0 Å². The first-order chi connectivity index (χ1) is 9.42. The Bertz CT molecular complexity index is 725. The van der Waals surface area contributed by atoms with Gasteiger partial charge in [-0.2, -0.15) is 0 Å². The van der Waals surface area contributed by atoms with Crippen molar-refractivity contribution in [3.05, 3.63) is 36.3 Å². The van der Waals surface area contributed by atoms with Crippen molar-refractivity contribution in [1.29, 1.82) is 0 Å². The van der Waals surface area contributed by atoms with Crippen LogP contribution in [0.4, 0.5) is 0 Å². The van der Waals surface area contributed by atoms with Gasteiger partial charge in [-0.25, -0.2) is 9.97 Å². The molecule has 3 heterocycles. The molecule has 2 aromatic heterocycles. The molecule has 0 amide bonds. The van der Waals surface area contributed by atoms with Gasteiger partial charge in [0.25, 0.3) is 0 Å². The zero-order chi connectivity index (χ0) is 12.7. The van der Waals surface area contributed by atoms with Gasteiger partial charge in [0.15, 0.2) is 0 Å². The largest absolute Gasteiger partial charge is 0.339 e. The molecule has 19 heavy (non-hydrogen) atoms. The van der Waals surface area contributed by atoms with E-state index in [1.165, 1.54) is 29.3 Å². The smallest absolute Gasteiger partial charge is 0.141 e. The van der Waals surface area contributed by atoms with E-state index in [1.54, 1.807) is 6.33 Å². The molecule has 0 radical (unpaired) electrons. The maximum absolute atomic E-state index is 4.28. The number of nitrogens with zero attached hydrogens (tertiary/aromatic N) is 2. The van der Waals surface area contributed by atoms with Crippen molar-refractivity contribution >= 4 is 21.9 Å². The minimum atomic E-state index is 0.683. The summed E-state index contributed by atoms with van der Waals surface area (Å²) in [5, 5.41) is 5.74. The SMILES string of the molecule is c1ncc2c(n1)[nH]c1cc(C3CCNCC3)ccc12. The Morgan fingerprint density at radius 1 is 1.11 bits per heavy atom. The molecule has 2 N–H and O–H groups in total. The number of aromatic nitrogens is 3. The second-order valence-electron chi connectivity index (χ2n) is 5.24. The summed E-state index contributed by atoms with van der Waals surface area (Å²) >= 11 is 0. The molecule has 0 aliphatic carbocycles. The number of piperidine rings is 1. The third kappa shape index (κ3) is 1.79. The first-order valence-electron chi connectivity index (χ1n) is 6.84. The van der Waals surface area contributed by atoms with Crippen LogP contribution in [-0.4, -0.2) is 28.0 Å². The van der Waals surface area contributed by atoms with Gasteiger partial charge in [0.05, 0.1) is 0 Å². The molecule has 1 aromatic carbocycles. The van der Waals surface area contributed by atoms with Crippen LogP contribution in [0.3, 0.4) is 0 Å². The molecule has 4 nitrogen and oxygen atoms in total. The van der Waals surface area contributed by atoms with Crippen LogP contribution in [0.15, 0.2) is 30.7 Å². The Labute approximate surface area is 111 Å². The molecule has 0 unspecified atom stereocenters. The van der Waals surface area contributed by atoms with Crippen molar-refractivity contribution in [2.24, 2.45) is 0 Å². The summed E-state index contributed by atoms with van der Waals surface area (Å²) in [4.78, 5) is 11.8. The maximum atomic E-state index is 4.28. The summed E-state index contributed by atoms with van der Waals surface area (Å²) in [5.74, 6) is 0.683. The maximum Gasteiger partial charge on any atom is 0.141 e. The second-order valence-corrected chi connectivity index (χ2v) is 5.24. The lowest BCUT2D eigenvalue weighted by molar-refractivity contribution is 0.460. The number of hydrogen-bond donors (Lipinski definition) is 2. The molecule has 0 saturated carbocycles. The van der Waals surface area contributed by atoms with Gasteiger partial charge in [0.1, 0.15) is 12.0 Å². The summed E-state index contributed by atoms with van der Waals surface area (Å²) in [5.41, 5.74) is 3.53. The minimum absolute atomic E-state index is 0.683. The molecule has 1 saturated heterocycles. The minimum Gasteiger partial charge on any atom is -0.339 e. The van der Waals surface area contributed by atoms with Gasteiger partial charge < -0.3 is 10.3 Å². The van der Waals surface area contributed by atoms with Gasteiger partial charge in [-0.15, -0.1) is 0 Å². The van der Waals surface area contributed by atoms with Crippen molar-refractivity contribution in [3.63, 3.8) is 0 Å². The number of aromatic amines is 1. The average molecular weight is 252 g/mol. The van der Waals surface area contributed by atoms with Crippen molar-refractivity contribution in [2.45, 2.75) is 18.8 Å². The van der Waals surface area contributed by atoms with Gasteiger partial charge >= 0.3 is 0 Å². The monoisotopic (exact) mass is 252 g/mol. The highest BCUT2D eigenvalue weighted by molar-refractivity contribution is 6.05. The molecular formula is C15H16N4. The number of hydrogen-bond acceptors (Lipinski definition) is 3. The number of rotatable bonds is 1. The fourth-order valence-corrected chi connectivity index (χ4v) is 3.06. The Morgan fingerprint density at radius 2 is 2.00 bits per heavy atom. The number of H-pyrrole nitrogens is 1. The summed E-state index contributed by atoms with van der Waals surface area (Å²) in [7, 11) is 0. The van der Waals surface area contributed by atoms with Crippen LogP contribution in [-0.2, 0) is 0 Å². The van der Waals surface area contributed by atoms with Crippen molar-refractivity contribution < 1.29 is 0 Å². The lowest BCUT2D eigenvalue weighted by atomic mass is 9.90. The van der Waals surface area contributed by atoms with E-state index in [1.807, 2.05) is 6.20 Å². The highest BCUT2D eigenvalue weighted by Crippen LogP contribution is 2.30. The molecule has 96 valence electrons. The van der Waals surface area contributed by atoms with Crippen molar-refractivity contribution in [1.82, 2.24) is 20.3 Å². The fourth-order valence-electron chi connectivity index (χ4n) is 3.06. The van der Waals surface area contributed by atoms with E-state index in [-0.39, 0.29) is 0 Å². The van der Waals surface area contributed by atoms with Crippen LogP contribution in [0.5, 0.6) is 0 Å². The summed E-state index contributed by atoms with van der Waals surface area (Å²) in [6, 6.07) is 6.75. The van der Waals surface area contributed by atoms with E-state index in [0.29, 0.717) is 5.92 Å². The van der Waals surface area contributed by atoms with E-state index in [4.69, 9.17) is 0 Å². The summed E-state index contributed by atoms with van der Waals surface area (Å²) in [6.07, 6.45) is 5.92. The zero-order valence-electron chi connectivity index (χ0n) is 10.7. The van der Waals surface area contributed by atoms with Crippen LogP contribution in [0, 0.1) is 0 Å². The first-order valence-corrected chi connectivity index (χ1v) is 6.84. The number of fused-ring (bicyclic) bond motifs is 3. The van der Waals surface area contributed by atoms with Crippen LogP contribution in [0.1, 0.15) is 24.3 Å². The van der Waals surface area contributed by atoms with E-state index in [2.05, 4.69) is 38.5 Å². The summed E-state index contributed by atoms with van der Waals surface area (Å²) < 4.78 is 0. The van der Waals surface area contributed by atoms with Gasteiger partial charge in [-0.05, 0) is 43.5 Å². The Balaban J connectivity index is 1.84. The quantitative estimate of drug-likeness (QED) is 0.700. The van der Waals surface area contributed by atoms with E-state index >= 15 is 0 Å². The molecule has 1 aliphatic heterocycles. The summed E-state index contributed by atoms with van der Waals surface area (Å²) in [6.45, 7) is 2.25. The molecule has 0 spiro atoms. The molecule has 0 atom stereocenters. The van der Waals surface area contributed by atoms with E-state index in [0.717, 1.165) is 24.1 Å². The second kappa shape index (κ2) is 4.31. The normalized spacial score (nSPS) is 17.3. The Hall–Kier alpha value is -1.94. The highest BCUT2D eigenvalue weighted by atomic mass is 14.9. The zero-order valence-corrected chi connectivity index (χ0v) is 10.7. The van der Waals surface area contributed by atoms with Gasteiger partial charge in [-0.3, -0.25) is 0 Å². The molecular weight excluding hydrogens is 236 g/mol. The van der Waals surface area contributed by atoms with Crippen molar-refractivity contribution in [3.8, 4) is 0 Å². The lowest BCUT2D eigenvalue weighted by Gasteiger charge is -2.22. The predicted octanol–water partition coefficient (Wildman–Crippen LogP) is 2.58. The molecule has 1 aliphatic rings. The van der Waals surface area contributed by atoms with Gasteiger partial charge in [0, 0.05) is 22.5 Å². The molecule has 1 fully saturated rings. The molecule has 3 aromatic rings. The predicted molar refractivity (Wildman–Crippen MR) is 76.2 cm³/mol. The third-order valence-corrected chi connectivity index (χ3v) is 4.11. The van der Waals surface area contributed by atoms with Gasteiger partial charge in [-0.1, -0.05) is 12.1 Å². The fraction of sp³-hybridized carbons (Fsp3) is 0.333. The van der Waals surface area contributed by atoms with Crippen LogP contribution >= 0.6 is 0 Å². The number of benzene rings is 1. The standard InChI is InChI=1S/C15H16N4/c1-2-12-13-8-17-9-18-15(13)19-14(12)7-11(1)10-3-5-16-6-4-10/h1-2,7-10,16H,3-6H2,(H,17,18,19). The van der Waals surface area contributed by atoms with Crippen LogP contribution in [0.2, 0.25) is 0 Å².